The number of carbonyl (C=O) groups is 4. The van der Waals surface area contributed by atoms with Crippen molar-refractivity contribution >= 4 is 31.3 Å². The molecule has 0 heterocycles. The second-order valence-corrected chi connectivity index (χ2v) is 7.26. The zero-order valence-electron chi connectivity index (χ0n) is 16.5. The lowest BCUT2D eigenvalue weighted by atomic mass is 10.1. The summed E-state index contributed by atoms with van der Waals surface area (Å²) in [5.41, 5.74) is 0. The van der Waals surface area contributed by atoms with Gasteiger partial charge in [0.05, 0.1) is 19.6 Å². The fraction of sp³-hybridized carbons (Fsp3) is 0.765. The average Bonchev–Trinajstić information content (AvgIpc) is 2.66. The molecular weight excluding hydrogens is 395 g/mol. The predicted molar refractivity (Wildman–Crippen MR) is 97.3 cm³/mol. The standard InChI is InChI=1S/C17H29O10P/c1-4-13(18)10-14(19)8-7-9-25-28(22,23)26-12-15(27-17(21)6-3)11-24-16(20)5-2/h15H,4-12H2,1-3H3,(H,22,23). The van der Waals surface area contributed by atoms with Gasteiger partial charge in [0.25, 0.3) is 0 Å². The van der Waals surface area contributed by atoms with Gasteiger partial charge in [-0.25, -0.2) is 4.57 Å². The van der Waals surface area contributed by atoms with E-state index < -0.39 is 32.5 Å². The quantitative estimate of drug-likeness (QED) is 0.169. The van der Waals surface area contributed by atoms with Crippen molar-refractivity contribution in [3.05, 3.63) is 0 Å². The van der Waals surface area contributed by atoms with Gasteiger partial charge in [-0.2, -0.15) is 0 Å². The first-order valence-electron chi connectivity index (χ1n) is 9.13. The molecule has 0 aromatic rings. The van der Waals surface area contributed by atoms with Crippen LogP contribution in [0.4, 0.5) is 0 Å². The molecule has 0 fully saturated rings. The maximum atomic E-state index is 11.9. The van der Waals surface area contributed by atoms with Crippen LogP contribution in [0.25, 0.3) is 0 Å². The van der Waals surface area contributed by atoms with Gasteiger partial charge in [-0.3, -0.25) is 28.2 Å². The maximum absolute atomic E-state index is 11.9. The fourth-order valence-electron chi connectivity index (χ4n) is 1.77. The first kappa shape index (κ1) is 26.4. The molecule has 0 amide bonds. The number of carbonyl (C=O) groups excluding carboxylic acids is 4. The summed E-state index contributed by atoms with van der Waals surface area (Å²) in [7, 11) is -4.46. The highest BCUT2D eigenvalue weighted by Crippen LogP contribution is 2.43. The summed E-state index contributed by atoms with van der Waals surface area (Å²) in [5, 5.41) is 0. The van der Waals surface area contributed by atoms with Gasteiger partial charge in [0.1, 0.15) is 18.2 Å². The highest BCUT2D eigenvalue weighted by atomic mass is 31.2. The summed E-state index contributed by atoms with van der Waals surface area (Å²) in [6, 6.07) is 0. The molecule has 28 heavy (non-hydrogen) atoms. The third-order valence-electron chi connectivity index (χ3n) is 3.37. The normalized spacial score (nSPS) is 14.0. The molecule has 0 aromatic carbocycles. The molecule has 0 saturated heterocycles. The molecule has 0 spiro atoms. The molecule has 0 radical (unpaired) electrons. The minimum Gasteiger partial charge on any atom is -0.462 e. The van der Waals surface area contributed by atoms with Gasteiger partial charge < -0.3 is 14.4 Å². The molecule has 0 aliphatic rings. The Balaban J connectivity index is 4.35. The minimum atomic E-state index is -4.46. The highest BCUT2D eigenvalue weighted by molar-refractivity contribution is 7.47. The van der Waals surface area contributed by atoms with Crippen molar-refractivity contribution in [1.82, 2.24) is 0 Å². The Hall–Kier alpha value is -1.61. The second kappa shape index (κ2) is 14.4. The summed E-state index contributed by atoms with van der Waals surface area (Å²) >= 11 is 0. The monoisotopic (exact) mass is 424 g/mol. The van der Waals surface area contributed by atoms with Gasteiger partial charge in [0, 0.05) is 25.7 Å². The van der Waals surface area contributed by atoms with Gasteiger partial charge in [-0.15, -0.1) is 0 Å². The molecule has 0 rings (SSSR count). The number of phosphoric acid groups is 1. The third-order valence-corrected chi connectivity index (χ3v) is 4.36. The molecule has 0 saturated carbocycles. The number of phosphoric ester groups is 1. The van der Waals surface area contributed by atoms with E-state index in [9.17, 15) is 28.6 Å². The van der Waals surface area contributed by atoms with Gasteiger partial charge in [0.2, 0.25) is 0 Å². The van der Waals surface area contributed by atoms with Crippen LogP contribution in [0.5, 0.6) is 0 Å². The van der Waals surface area contributed by atoms with Crippen LogP contribution in [-0.2, 0) is 42.3 Å². The fourth-order valence-corrected chi connectivity index (χ4v) is 2.56. The number of ether oxygens (including phenoxy) is 2. The summed E-state index contributed by atoms with van der Waals surface area (Å²) in [6.45, 7) is 3.74. The van der Waals surface area contributed by atoms with Crippen molar-refractivity contribution in [3.63, 3.8) is 0 Å². The van der Waals surface area contributed by atoms with Crippen molar-refractivity contribution in [2.24, 2.45) is 0 Å². The highest BCUT2D eigenvalue weighted by Gasteiger charge is 2.25. The van der Waals surface area contributed by atoms with Gasteiger partial charge >= 0.3 is 19.8 Å². The van der Waals surface area contributed by atoms with Crippen molar-refractivity contribution in [2.45, 2.75) is 65.4 Å². The summed E-state index contributed by atoms with van der Waals surface area (Å²) in [4.78, 5) is 54.9. The van der Waals surface area contributed by atoms with E-state index in [1.54, 1.807) is 20.8 Å². The molecule has 0 aromatic heterocycles. The first-order valence-corrected chi connectivity index (χ1v) is 10.6. The zero-order chi connectivity index (χ0) is 21.6. The molecule has 0 aliphatic heterocycles. The van der Waals surface area contributed by atoms with Crippen molar-refractivity contribution < 1.29 is 47.2 Å². The van der Waals surface area contributed by atoms with E-state index in [-0.39, 0.29) is 63.3 Å². The smallest absolute Gasteiger partial charge is 0.462 e. The maximum Gasteiger partial charge on any atom is 0.472 e. The molecule has 11 heteroatoms. The van der Waals surface area contributed by atoms with Crippen LogP contribution >= 0.6 is 7.82 Å². The molecule has 2 atom stereocenters. The van der Waals surface area contributed by atoms with E-state index in [0.717, 1.165) is 0 Å². The lowest BCUT2D eigenvalue weighted by Crippen LogP contribution is -2.29. The van der Waals surface area contributed by atoms with Crippen molar-refractivity contribution in [2.75, 3.05) is 19.8 Å². The van der Waals surface area contributed by atoms with E-state index in [4.69, 9.17) is 18.5 Å². The SMILES string of the molecule is CCC(=O)CC(=O)CCCOP(=O)(O)OCC(COC(=O)CC)OC(=O)CC. The number of hydrogen-bond donors (Lipinski definition) is 1. The van der Waals surface area contributed by atoms with E-state index in [1.165, 1.54) is 0 Å². The lowest BCUT2D eigenvalue weighted by molar-refractivity contribution is -0.160. The molecule has 10 nitrogen and oxygen atoms in total. The largest absolute Gasteiger partial charge is 0.472 e. The van der Waals surface area contributed by atoms with Crippen LogP contribution in [0.3, 0.4) is 0 Å². The number of Topliss-reactive ketones (excluding diaryl/α,β-unsaturated/α-hetero) is 2. The summed E-state index contributed by atoms with van der Waals surface area (Å²) in [5.74, 6) is -1.55. The number of esters is 2. The van der Waals surface area contributed by atoms with E-state index >= 15 is 0 Å². The van der Waals surface area contributed by atoms with E-state index in [2.05, 4.69) is 0 Å². The Kier molecular flexibility index (Phi) is 13.6. The topological polar surface area (TPSA) is 143 Å². The Labute approximate surface area is 164 Å². The van der Waals surface area contributed by atoms with Crippen LogP contribution in [0.1, 0.15) is 59.3 Å². The Morgan fingerprint density at radius 3 is 2.11 bits per heavy atom. The molecule has 0 aliphatic carbocycles. The van der Waals surface area contributed by atoms with Gasteiger partial charge in [-0.05, 0) is 6.42 Å². The predicted octanol–water partition coefficient (Wildman–Crippen LogP) is 2.11. The van der Waals surface area contributed by atoms with Crippen molar-refractivity contribution in [1.29, 1.82) is 0 Å². The second-order valence-electron chi connectivity index (χ2n) is 5.81. The lowest BCUT2D eigenvalue weighted by Gasteiger charge is -2.19. The van der Waals surface area contributed by atoms with Crippen molar-refractivity contribution in [3.8, 4) is 0 Å². The summed E-state index contributed by atoms with van der Waals surface area (Å²) in [6.07, 6.45) is -0.570. The molecule has 1 N–H and O–H groups in total. The molecule has 2 unspecified atom stereocenters. The minimum absolute atomic E-state index is 0.0372. The van der Waals surface area contributed by atoms with Crippen LogP contribution in [-0.4, -0.2) is 54.3 Å². The van der Waals surface area contributed by atoms with Crippen LogP contribution in [0.15, 0.2) is 0 Å². The first-order chi connectivity index (χ1) is 13.1. The Morgan fingerprint density at radius 2 is 1.54 bits per heavy atom. The van der Waals surface area contributed by atoms with E-state index in [1.807, 2.05) is 0 Å². The Bertz CT molecular complexity index is 574. The van der Waals surface area contributed by atoms with Gasteiger partial charge in [0.15, 0.2) is 6.10 Å². The number of rotatable bonds is 16. The van der Waals surface area contributed by atoms with Crippen LogP contribution in [0.2, 0.25) is 0 Å². The Morgan fingerprint density at radius 1 is 0.893 bits per heavy atom. The molecule has 0 bridgehead atoms. The third kappa shape index (κ3) is 13.5. The number of ketones is 2. The van der Waals surface area contributed by atoms with Gasteiger partial charge in [-0.1, -0.05) is 20.8 Å². The van der Waals surface area contributed by atoms with E-state index in [0.29, 0.717) is 0 Å². The molecular formula is C17H29O10P. The molecule has 162 valence electrons. The summed E-state index contributed by atoms with van der Waals surface area (Å²) < 4.78 is 31.2. The average molecular weight is 424 g/mol. The van der Waals surface area contributed by atoms with Crippen LogP contribution < -0.4 is 0 Å². The number of hydrogen-bond acceptors (Lipinski definition) is 9. The zero-order valence-corrected chi connectivity index (χ0v) is 17.4. The van der Waals surface area contributed by atoms with Crippen LogP contribution in [0, 0.1) is 0 Å².